The van der Waals surface area contributed by atoms with E-state index in [0.29, 0.717) is 0 Å². The van der Waals surface area contributed by atoms with E-state index in [1.165, 1.54) is 0 Å². The monoisotopic (exact) mass is 226 g/mol. The van der Waals surface area contributed by atoms with Gasteiger partial charge in [-0.1, -0.05) is 0 Å². The van der Waals surface area contributed by atoms with Crippen LogP contribution >= 0.6 is 0 Å². The number of ether oxygens (including phenoxy) is 1. The highest BCUT2D eigenvalue weighted by atomic mass is 19.4. The maximum atomic E-state index is 12.1. The fraction of sp³-hybridized carbons (Fsp3) is 0.875. The largest absolute Gasteiger partial charge is 0.412 e. The highest BCUT2D eigenvalue weighted by Crippen LogP contribution is 2.20. The molecule has 1 saturated heterocycles. The normalized spacial score (nSPS) is 25.1. The van der Waals surface area contributed by atoms with E-state index in [2.05, 4.69) is 0 Å². The zero-order valence-corrected chi connectivity index (χ0v) is 8.25. The maximum Gasteiger partial charge on any atom is 0.412 e. The second kappa shape index (κ2) is 4.36. The van der Waals surface area contributed by atoms with Crippen LogP contribution in [0.5, 0.6) is 0 Å². The van der Waals surface area contributed by atoms with Gasteiger partial charge in [0.25, 0.3) is 0 Å². The van der Waals surface area contributed by atoms with Crippen LogP contribution in [-0.4, -0.2) is 48.8 Å². The van der Waals surface area contributed by atoms with Gasteiger partial charge in [-0.25, -0.2) is 0 Å². The van der Waals surface area contributed by atoms with Crippen LogP contribution in [0, 0.1) is 0 Å². The summed E-state index contributed by atoms with van der Waals surface area (Å²) in [5, 5.41) is 0. The van der Waals surface area contributed by atoms with E-state index >= 15 is 0 Å². The second-order valence-electron chi connectivity index (χ2n) is 3.48. The summed E-state index contributed by atoms with van der Waals surface area (Å²) >= 11 is 0. The second-order valence-corrected chi connectivity index (χ2v) is 3.48. The van der Waals surface area contributed by atoms with E-state index in [9.17, 15) is 18.0 Å². The molecule has 88 valence electrons. The molecule has 2 N–H and O–H groups in total. The molecule has 0 radical (unpaired) electrons. The Balaban J connectivity index is 2.60. The van der Waals surface area contributed by atoms with E-state index in [4.69, 9.17) is 10.5 Å². The number of nitrogens with two attached hydrogens (primary N) is 1. The molecule has 0 aromatic carbocycles. The van der Waals surface area contributed by atoms with Crippen molar-refractivity contribution in [2.75, 3.05) is 19.7 Å². The van der Waals surface area contributed by atoms with Crippen LogP contribution in [-0.2, 0) is 9.53 Å². The summed E-state index contributed by atoms with van der Waals surface area (Å²) in [7, 11) is 0. The van der Waals surface area contributed by atoms with Gasteiger partial charge in [-0.3, -0.25) is 4.79 Å². The SMILES string of the molecule is CC1CN(C(=O)C(N)C(F)(F)F)CCO1. The van der Waals surface area contributed by atoms with Crippen molar-refractivity contribution in [1.82, 2.24) is 4.90 Å². The lowest BCUT2D eigenvalue weighted by Gasteiger charge is -2.33. The van der Waals surface area contributed by atoms with Gasteiger partial charge in [-0.05, 0) is 6.92 Å². The smallest absolute Gasteiger partial charge is 0.375 e. The van der Waals surface area contributed by atoms with Gasteiger partial charge < -0.3 is 15.4 Å². The zero-order chi connectivity index (χ0) is 11.6. The van der Waals surface area contributed by atoms with Crippen molar-refractivity contribution in [1.29, 1.82) is 0 Å². The van der Waals surface area contributed by atoms with Crippen LogP contribution in [0.25, 0.3) is 0 Å². The first kappa shape index (κ1) is 12.3. The highest BCUT2D eigenvalue weighted by molar-refractivity contribution is 5.82. The van der Waals surface area contributed by atoms with E-state index < -0.39 is 18.1 Å². The average molecular weight is 226 g/mol. The van der Waals surface area contributed by atoms with Gasteiger partial charge in [-0.2, -0.15) is 13.2 Å². The number of amides is 1. The number of alkyl halides is 3. The first-order valence-electron chi connectivity index (χ1n) is 4.55. The Kier molecular flexibility index (Phi) is 3.56. The van der Waals surface area contributed by atoms with Gasteiger partial charge in [-0.15, -0.1) is 0 Å². The van der Waals surface area contributed by atoms with Crippen LogP contribution in [0.2, 0.25) is 0 Å². The number of carbonyl (C=O) groups excluding carboxylic acids is 1. The summed E-state index contributed by atoms with van der Waals surface area (Å²) < 4.78 is 41.6. The van der Waals surface area contributed by atoms with Crippen LogP contribution in [0.15, 0.2) is 0 Å². The van der Waals surface area contributed by atoms with E-state index in [1.54, 1.807) is 6.92 Å². The average Bonchev–Trinajstić information content (AvgIpc) is 2.14. The van der Waals surface area contributed by atoms with Gasteiger partial charge in [0.05, 0.1) is 12.7 Å². The molecule has 1 fully saturated rings. The molecule has 0 aromatic rings. The van der Waals surface area contributed by atoms with Crippen LogP contribution in [0.3, 0.4) is 0 Å². The summed E-state index contributed by atoms with van der Waals surface area (Å²) in [5.41, 5.74) is 4.81. The van der Waals surface area contributed by atoms with Crippen molar-refractivity contribution in [2.45, 2.75) is 25.2 Å². The molecule has 0 aromatic heterocycles. The Morgan fingerprint density at radius 2 is 2.20 bits per heavy atom. The third kappa shape index (κ3) is 3.07. The maximum absolute atomic E-state index is 12.1. The van der Waals surface area contributed by atoms with Crippen LogP contribution < -0.4 is 5.73 Å². The number of hydrogen-bond donors (Lipinski definition) is 1. The molecule has 4 nitrogen and oxygen atoms in total. The Hall–Kier alpha value is -0.820. The molecule has 15 heavy (non-hydrogen) atoms. The Labute approximate surface area is 85.2 Å². The number of halogens is 3. The molecule has 7 heteroatoms. The molecule has 1 amide bonds. The van der Waals surface area contributed by atoms with E-state index in [0.717, 1.165) is 4.90 Å². The molecular weight excluding hydrogens is 213 g/mol. The molecule has 1 aliphatic rings. The van der Waals surface area contributed by atoms with Gasteiger partial charge in [0.2, 0.25) is 5.91 Å². The summed E-state index contributed by atoms with van der Waals surface area (Å²) in [4.78, 5) is 12.4. The van der Waals surface area contributed by atoms with Crippen molar-refractivity contribution < 1.29 is 22.7 Å². The predicted molar refractivity (Wildman–Crippen MR) is 46.0 cm³/mol. The van der Waals surface area contributed by atoms with Crippen molar-refractivity contribution in [3.63, 3.8) is 0 Å². The Morgan fingerprint density at radius 1 is 1.60 bits per heavy atom. The molecular formula is C8H13F3N2O2. The number of nitrogens with zero attached hydrogens (tertiary/aromatic N) is 1. The quantitative estimate of drug-likeness (QED) is 0.691. The highest BCUT2D eigenvalue weighted by Gasteiger charge is 2.44. The number of hydrogen-bond acceptors (Lipinski definition) is 3. The van der Waals surface area contributed by atoms with Gasteiger partial charge in [0.1, 0.15) is 0 Å². The minimum Gasteiger partial charge on any atom is -0.375 e. The van der Waals surface area contributed by atoms with Gasteiger partial charge in [0.15, 0.2) is 6.04 Å². The molecule has 2 unspecified atom stereocenters. The Morgan fingerprint density at radius 3 is 2.67 bits per heavy atom. The van der Waals surface area contributed by atoms with E-state index in [1.807, 2.05) is 0 Å². The third-order valence-corrected chi connectivity index (χ3v) is 2.17. The topological polar surface area (TPSA) is 55.6 Å². The van der Waals surface area contributed by atoms with Crippen LogP contribution in [0.1, 0.15) is 6.92 Å². The molecule has 0 aliphatic carbocycles. The van der Waals surface area contributed by atoms with E-state index in [-0.39, 0.29) is 25.8 Å². The molecule has 1 aliphatic heterocycles. The molecule has 1 rings (SSSR count). The van der Waals surface area contributed by atoms with Crippen molar-refractivity contribution >= 4 is 5.91 Å². The van der Waals surface area contributed by atoms with Crippen LogP contribution in [0.4, 0.5) is 13.2 Å². The lowest BCUT2D eigenvalue weighted by atomic mass is 10.2. The van der Waals surface area contributed by atoms with Crippen molar-refractivity contribution in [2.24, 2.45) is 5.73 Å². The molecule has 0 bridgehead atoms. The first-order valence-corrected chi connectivity index (χ1v) is 4.55. The number of morpholine rings is 1. The number of rotatable bonds is 1. The lowest BCUT2D eigenvalue weighted by molar-refractivity contribution is -0.173. The van der Waals surface area contributed by atoms with Gasteiger partial charge >= 0.3 is 6.18 Å². The molecule has 1 heterocycles. The first-order chi connectivity index (χ1) is 6.82. The fourth-order valence-corrected chi connectivity index (χ4v) is 1.36. The minimum atomic E-state index is -4.68. The molecule has 0 spiro atoms. The molecule has 0 saturated carbocycles. The summed E-state index contributed by atoms with van der Waals surface area (Å²) in [5.74, 6) is -1.09. The standard InChI is InChI=1S/C8H13F3N2O2/c1-5-4-13(2-3-15-5)7(14)6(12)8(9,10)11/h5-6H,2-4,12H2,1H3. The lowest BCUT2D eigenvalue weighted by Crippen LogP contribution is -2.55. The summed E-state index contributed by atoms with van der Waals surface area (Å²) in [6, 6.07) is -2.43. The summed E-state index contributed by atoms with van der Waals surface area (Å²) in [6.45, 7) is 2.26. The van der Waals surface area contributed by atoms with Crippen molar-refractivity contribution in [3.8, 4) is 0 Å². The summed E-state index contributed by atoms with van der Waals surface area (Å²) in [6.07, 6.45) is -4.93. The van der Waals surface area contributed by atoms with Gasteiger partial charge in [0, 0.05) is 13.1 Å². The molecule has 2 atom stereocenters. The fourth-order valence-electron chi connectivity index (χ4n) is 1.36. The third-order valence-electron chi connectivity index (χ3n) is 2.17. The zero-order valence-electron chi connectivity index (χ0n) is 8.25. The number of carbonyl (C=O) groups is 1. The van der Waals surface area contributed by atoms with Crippen molar-refractivity contribution in [3.05, 3.63) is 0 Å². The predicted octanol–water partition coefficient (Wildman–Crippen LogP) is 0.123. The minimum absolute atomic E-state index is 0.155. The Bertz CT molecular complexity index is 245.